The molecule has 6 nitrogen and oxygen atoms in total. The average molecular weight is 415 g/mol. The molecule has 0 unspecified atom stereocenters. The third-order valence-electron chi connectivity index (χ3n) is 5.36. The number of nitrogens with one attached hydrogen (secondary N) is 1. The van der Waals surface area contributed by atoms with Crippen LogP contribution in [-0.4, -0.2) is 37.0 Å². The van der Waals surface area contributed by atoms with Gasteiger partial charge in [0.1, 0.15) is 0 Å². The van der Waals surface area contributed by atoms with Gasteiger partial charge in [0.15, 0.2) is 5.78 Å². The molecule has 0 radical (unpaired) electrons. The van der Waals surface area contributed by atoms with Gasteiger partial charge in [-0.25, -0.2) is 8.42 Å². The van der Waals surface area contributed by atoms with E-state index in [4.69, 9.17) is 0 Å². The number of piperidine rings is 1. The first-order valence-electron chi connectivity index (χ1n) is 9.75. The maximum atomic E-state index is 13.1. The van der Waals surface area contributed by atoms with Crippen molar-refractivity contribution >= 4 is 27.4 Å². The van der Waals surface area contributed by atoms with Gasteiger partial charge < -0.3 is 5.32 Å². The van der Waals surface area contributed by atoms with Gasteiger partial charge in [0.25, 0.3) is 5.91 Å². The molecular formula is C22H26N2O4S. The molecule has 2 aromatic rings. The van der Waals surface area contributed by atoms with Crippen LogP contribution in [0.3, 0.4) is 0 Å². The molecule has 0 spiro atoms. The second kappa shape index (κ2) is 8.47. The smallest absolute Gasteiger partial charge is 0.255 e. The van der Waals surface area contributed by atoms with E-state index in [1.807, 2.05) is 6.92 Å². The lowest BCUT2D eigenvalue weighted by molar-refractivity contribution is 0.101. The quantitative estimate of drug-likeness (QED) is 0.749. The van der Waals surface area contributed by atoms with Crippen molar-refractivity contribution in [1.29, 1.82) is 0 Å². The van der Waals surface area contributed by atoms with Crippen molar-refractivity contribution in [3.8, 4) is 0 Å². The molecule has 0 aliphatic carbocycles. The number of anilines is 1. The minimum absolute atomic E-state index is 0.0604. The number of hydrogen-bond acceptors (Lipinski definition) is 4. The molecule has 1 aliphatic heterocycles. The van der Waals surface area contributed by atoms with Crippen LogP contribution in [0.15, 0.2) is 47.4 Å². The summed E-state index contributed by atoms with van der Waals surface area (Å²) in [6.45, 7) is 5.59. The first kappa shape index (κ1) is 21.2. The monoisotopic (exact) mass is 414 g/mol. The van der Waals surface area contributed by atoms with E-state index in [0.29, 0.717) is 23.4 Å². The van der Waals surface area contributed by atoms with E-state index < -0.39 is 15.9 Å². The lowest BCUT2D eigenvalue weighted by atomic mass is 10.1. The normalized spacial score (nSPS) is 17.7. The molecule has 1 N–H and O–H groups in total. The zero-order valence-electron chi connectivity index (χ0n) is 16.9. The van der Waals surface area contributed by atoms with Gasteiger partial charge >= 0.3 is 0 Å². The van der Waals surface area contributed by atoms with Crippen molar-refractivity contribution in [2.45, 2.75) is 51.0 Å². The van der Waals surface area contributed by atoms with Crippen LogP contribution in [0.1, 0.15) is 59.4 Å². The Morgan fingerprint density at radius 3 is 2.48 bits per heavy atom. The number of sulfonamides is 1. The molecule has 1 saturated heterocycles. The van der Waals surface area contributed by atoms with Gasteiger partial charge in [0, 0.05) is 23.7 Å². The fourth-order valence-corrected chi connectivity index (χ4v) is 5.39. The van der Waals surface area contributed by atoms with Crippen molar-refractivity contribution in [2.75, 3.05) is 11.9 Å². The maximum Gasteiger partial charge on any atom is 0.255 e. The zero-order chi connectivity index (χ0) is 21.2. The highest BCUT2D eigenvalue weighted by molar-refractivity contribution is 7.89. The summed E-state index contributed by atoms with van der Waals surface area (Å²) in [5, 5.41) is 2.75. The van der Waals surface area contributed by atoms with E-state index in [-0.39, 0.29) is 22.3 Å². The van der Waals surface area contributed by atoms with Crippen LogP contribution in [0.5, 0.6) is 0 Å². The van der Waals surface area contributed by atoms with E-state index in [0.717, 1.165) is 19.3 Å². The molecule has 1 fully saturated rings. The molecule has 1 atom stereocenters. The number of carbonyl (C=O) groups is 2. The molecule has 0 saturated carbocycles. The number of Topliss-reactive ketones (excluding diaryl/α,β-unsaturated/α-hetero) is 1. The lowest BCUT2D eigenvalue weighted by Gasteiger charge is -2.32. The minimum Gasteiger partial charge on any atom is -0.321 e. The average Bonchev–Trinajstić information content (AvgIpc) is 2.68. The predicted molar refractivity (Wildman–Crippen MR) is 113 cm³/mol. The molecule has 154 valence electrons. The second-order valence-electron chi connectivity index (χ2n) is 7.49. The lowest BCUT2D eigenvalue weighted by Crippen LogP contribution is -2.42. The minimum atomic E-state index is -3.68. The van der Waals surface area contributed by atoms with Crippen LogP contribution >= 0.6 is 0 Å². The van der Waals surface area contributed by atoms with E-state index >= 15 is 0 Å². The van der Waals surface area contributed by atoms with Gasteiger partial charge in [-0.1, -0.05) is 24.6 Å². The molecule has 29 heavy (non-hydrogen) atoms. The highest BCUT2D eigenvalue weighted by atomic mass is 32.2. The molecular weight excluding hydrogens is 388 g/mol. The number of amides is 1. The van der Waals surface area contributed by atoms with E-state index in [2.05, 4.69) is 5.32 Å². The van der Waals surface area contributed by atoms with Crippen LogP contribution in [0.2, 0.25) is 0 Å². The Bertz CT molecular complexity index is 1050. The van der Waals surface area contributed by atoms with Crippen molar-refractivity contribution < 1.29 is 18.0 Å². The van der Waals surface area contributed by atoms with E-state index in [9.17, 15) is 18.0 Å². The SMILES string of the molecule is CC(=O)c1ccccc1NC(=O)c1cc(S(=O)(=O)N2CCCC[C@H]2C)ccc1C. The Hall–Kier alpha value is -2.51. The molecule has 2 aromatic carbocycles. The third kappa shape index (κ3) is 4.41. The van der Waals surface area contributed by atoms with Crippen LogP contribution in [0, 0.1) is 6.92 Å². The van der Waals surface area contributed by atoms with Crippen LogP contribution in [0.25, 0.3) is 0 Å². The Morgan fingerprint density at radius 2 is 1.79 bits per heavy atom. The van der Waals surface area contributed by atoms with Crippen molar-refractivity contribution in [1.82, 2.24) is 4.31 Å². The topological polar surface area (TPSA) is 83.5 Å². The summed E-state index contributed by atoms with van der Waals surface area (Å²) in [7, 11) is -3.68. The second-order valence-corrected chi connectivity index (χ2v) is 9.38. The molecule has 1 heterocycles. The number of carbonyl (C=O) groups excluding carboxylic acids is 2. The summed E-state index contributed by atoms with van der Waals surface area (Å²) in [4.78, 5) is 24.8. The van der Waals surface area contributed by atoms with E-state index in [1.165, 1.54) is 17.3 Å². The van der Waals surface area contributed by atoms with Crippen molar-refractivity contribution in [3.63, 3.8) is 0 Å². The van der Waals surface area contributed by atoms with Gasteiger partial charge in [-0.2, -0.15) is 4.31 Å². The Labute approximate surface area is 172 Å². The van der Waals surface area contributed by atoms with Gasteiger partial charge in [-0.15, -0.1) is 0 Å². The van der Waals surface area contributed by atoms with Crippen molar-refractivity contribution in [2.24, 2.45) is 0 Å². The number of hydrogen-bond donors (Lipinski definition) is 1. The zero-order valence-corrected chi connectivity index (χ0v) is 17.8. The molecule has 0 bridgehead atoms. The Kier molecular flexibility index (Phi) is 6.19. The van der Waals surface area contributed by atoms with E-state index in [1.54, 1.807) is 43.3 Å². The summed E-state index contributed by atoms with van der Waals surface area (Å²) >= 11 is 0. The summed E-state index contributed by atoms with van der Waals surface area (Å²) in [5.41, 5.74) is 1.74. The number of ketones is 1. The van der Waals surface area contributed by atoms with Gasteiger partial charge in [0.05, 0.1) is 10.6 Å². The number of nitrogens with zero attached hydrogens (tertiary/aromatic N) is 1. The number of para-hydroxylation sites is 1. The number of aryl methyl sites for hydroxylation is 1. The van der Waals surface area contributed by atoms with Gasteiger partial charge in [-0.3, -0.25) is 9.59 Å². The van der Waals surface area contributed by atoms with Gasteiger partial charge in [0.2, 0.25) is 10.0 Å². The molecule has 3 rings (SSSR count). The fraction of sp³-hybridized carbons (Fsp3) is 0.364. The Morgan fingerprint density at radius 1 is 1.07 bits per heavy atom. The Balaban J connectivity index is 1.93. The van der Waals surface area contributed by atoms with Crippen molar-refractivity contribution in [3.05, 3.63) is 59.2 Å². The number of rotatable bonds is 5. The third-order valence-corrected chi connectivity index (χ3v) is 7.37. The van der Waals surface area contributed by atoms with Crippen LogP contribution in [0.4, 0.5) is 5.69 Å². The fourth-order valence-electron chi connectivity index (χ4n) is 3.66. The standard InChI is InChI=1S/C22H26N2O4S/c1-15-11-12-18(29(27,28)24-13-7-6-8-16(24)2)14-20(15)22(26)23-21-10-5-4-9-19(21)17(3)25/h4-5,9-12,14,16H,6-8,13H2,1-3H3,(H,23,26)/t16-/m1/s1. The summed E-state index contributed by atoms with van der Waals surface area (Å²) in [6.07, 6.45) is 2.69. The first-order chi connectivity index (χ1) is 13.7. The summed E-state index contributed by atoms with van der Waals surface area (Å²) in [6, 6.07) is 11.3. The molecule has 1 amide bonds. The summed E-state index contributed by atoms with van der Waals surface area (Å²) in [5.74, 6) is -0.604. The molecule has 0 aromatic heterocycles. The molecule has 7 heteroatoms. The highest BCUT2D eigenvalue weighted by Crippen LogP contribution is 2.27. The first-order valence-corrected chi connectivity index (χ1v) is 11.2. The number of benzene rings is 2. The maximum absolute atomic E-state index is 13.1. The summed E-state index contributed by atoms with van der Waals surface area (Å²) < 4.78 is 27.8. The predicted octanol–water partition coefficient (Wildman–Crippen LogP) is 4.01. The largest absolute Gasteiger partial charge is 0.321 e. The molecule has 1 aliphatic rings. The van der Waals surface area contributed by atoms with Gasteiger partial charge in [-0.05, 0) is 63.4 Å². The highest BCUT2D eigenvalue weighted by Gasteiger charge is 2.31. The van der Waals surface area contributed by atoms with Crippen LogP contribution < -0.4 is 5.32 Å². The van der Waals surface area contributed by atoms with Crippen LogP contribution in [-0.2, 0) is 10.0 Å².